The first-order valence-corrected chi connectivity index (χ1v) is 9.91. The van der Waals surface area contributed by atoms with Crippen LogP contribution in [0, 0.1) is 0 Å². The van der Waals surface area contributed by atoms with Gasteiger partial charge >= 0.3 is 0 Å². The average molecular weight is 295 g/mol. The Kier molecular flexibility index (Phi) is 17.6. The third-order valence-electron chi connectivity index (χ3n) is 4.46. The predicted molar refractivity (Wildman–Crippen MR) is 99.0 cm³/mol. The van der Waals surface area contributed by atoms with Crippen LogP contribution in [0.5, 0.6) is 0 Å². The van der Waals surface area contributed by atoms with Crippen molar-refractivity contribution in [1.82, 2.24) is 0 Å². The highest BCUT2D eigenvalue weighted by atomic mass is 14.0. The van der Waals surface area contributed by atoms with Gasteiger partial charge in [-0.2, -0.15) is 0 Å². The molecule has 0 amide bonds. The van der Waals surface area contributed by atoms with E-state index < -0.39 is 0 Å². The van der Waals surface area contributed by atoms with E-state index in [0.717, 1.165) is 0 Å². The minimum absolute atomic E-state index is 1.23. The number of hydrogen-bond acceptors (Lipinski definition) is 0. The van der Waals surface area contributed by atoms with Gasteiger partial charge < -0.3 is 0 Å². The lowest BCUT2D eigenvalue weighted by Crippen LogP contribution is -1.84. The number of hydrogen-bond donors (Lipinski definition) is 0. The highest BCUT2D eigenvalue weighted by molar-refractivity contribution is 4.86. The molecule has 0 bridgehead atoms. The van der Waals surface area contributed by atoms with Crippen molar-refractivity contribution in [2.75, 3.05) is 0 Å². The van der Waals surface area contributed by atoms with Crippen LogP contribution in [0.25, 0.3) is 0 Å². The van der Waals surface area contributed by atoms with E-state index in [1.165, 1.54) is 115 Å². The Bertz CT molecular complexity index is 204. The first-order chi connectivity index (χ1) is 10.3. The predicted octanol–water partition coefficient (Wildman–Crippen LogP) is 8.21. The Balaban J connectivity index is 2.95. The van der Waals surface area contributed by atoms with Gasteiger partial charge in [0, 0.05) is 0 Å². The first-order valence-electron chi connectivity index (χ1n) is 9.91. The summed E-state index contributed by atoms with van der Waals surface area (Å²) in [4.78, 5) is 0. The molecule has 0 N–H and O–H groups in total. The van der Waals surface area contributed by atoms with Crippen molar-refractivity contribution in [2.24, 2.45) is 0 Å². The lowest BCUT2D eigenvalue weighted by Gasteiger charge is -2.03. The van der Waals surface area contributed by atoms with Gasteiger partial charge in [0.15, 0.2) is 0 Å². The zero-order valence-corrected chi connectivity index (χ0v) is 15.2. The van der Waals surface area contributed by atoms with E-state index in [1.807, 2.05) is 0 Å². The van der Waals surface area contributed by atoms with Crippen LogP contribution in [0.4, 0.5) is 0 Å². The molecule has 0 heteroatoms. The van der Waals surface area contributed by atoms with Crippen LogP contribution >= 0.6 is 0 Å². The summed E-state index contributed by atoms with van der Waals surface area (Å²) in [5.41, 5.74) is 1.35. The largest absolute Gasteiger partial charge is 0.100 e. The molecule has 0 radical (unpaired) electrons. The second-order valence-corrected chi connectivity index (χ2v) is 7.01. The van der Waals surface area contributed by atoms with Crippen LogP contribution in [0.1, 0.15) is 123 Å². The Hall–Kier alpha value is -0.260. The van der Waals surface area contributed by atoms with Gasteiger partial charge in [-0.1, -0.05) is 109 Å². The monoisotopic (exact) mass is 294 g/mol. The summed E-state index contributed by atoms with van der Waals surface area (Å²) in [5.74, 6) is 0. The molecule has 0 fully saturated rings. The Labute approximate surface area is 135 Å². The van der Waals surface area contributed by atoms with Crippen molar-refractivity contribution in [1.29, 1.82) is 0 Å². The minimum Gasteiger partial charge on any atom is -0.100 e. The van der Waals surface area contributed by atoms with E-state index in [2.05, 4.69) is 20.4 Å². The first kappa shape index (κ1) is 20.7. The van der Waals surface area contributed by atoms with E-state index in [1.54, 1.807) is 0 Å². The molecule has 0 unspecified atom stereocenters. The molecule has 0 aliphatic carbocycles. The molecule has 21 heavy (non-hydrogen) atoms. The molecular weight excluding hydrogens is 252 g/mol. The van der Waals surface area contributed by atoms with Gasteiger partial charge in [0.2, 0.25) is 0 Å². The van der Waals surface area contributed by atoms with Crippen molar-refractivity contribution in [3.8, 4) is 0 Å². The van der Waals surface area contributed by atoms with Crippen molar-refractivity contribution in [3.63, 3.8) is 0 Å². The van der Waals surface area contributed by atoms with Crippen molar-refractivity contribution < 1.29 is 0 Å². The van der Waals surface area contributed by atoms with Crippen LogP contribution < -0.4 is 0 Å². The summed E-state index contributed by atoms with van der Waals surface area (Å²) in [5, 5.41) is 0. The van der Waals surface area contributed by atoms with E-state index in [4.69, 9.17) is 0 Å². The van der Waals surface area contributed by atoms with Crippen molar-refractivity contribution in [2.45, 2.75) is 123 Å². The molecule has 0 rings (SSSR count). The minimum atomic E-state index is 1.23. The highest BCUT2D eigenvalue weighted by Crippen LogP contribution is 2.14. The zero-order valence-electron chi connectivity index (χ0n) is 15.2. The molecule has 0 aromatic heterocycles. The van der Waals surface area contributed by atoms with E-state index in [0.29, 0.717) is 0 Å². The summed E-state index contributed by atoms with van der Waals surface area (Å²) in [6.45, 7) is 8.40. The van der Waals surface area contributed by atoms with E-state index >= 15 is 0 Å². The molecule has 0 aromatic carbocycles. The average Bonchev–Trinajstić information content (AvgIpc) is 2.46. The van der Waals surface area contributed by atoms with Crippen LogP contribution in [0.15, 0.2) is 12.2 Å². The molecule has 0 aliphatic rings. The van der Waals surface area contributed by atoms with Crippen LogP contribution in [0.2, 0.25) is 0 Å². The Morgan fingerprint density at radius 1 is 0.524 bits per heavy atom. The van der Waals surface area contributed by atoms with Gasteiger partial charge in [0.05, 0.1) is 0 Å². The van der Waals surface area contributed by atoms with Gasteiger partial charge in [-0.25, -0.2) is 0 Å². The quantitative estimate of drug-likeness (QED) is 0.187. The molecular formula is C21H42. The van der Waals surface area contributed by atoms with Gasteiger partial charge in [0.1, 0.15) is 0 Å². The second kappa shape index (κ2) is 17.8. The van der Waals surface area contributed by atoms with Gasteiger partial charge in [-0.05, 0) is 19.8 Å². The third kappa shape index (κ3) is 19.7. The molecule has 126 valence electrons. The smallest absolute Gasteiger partial charge is 0.0326 e. The molecule has 0 heterocycles. The molecule has 0 aromatic rings. The highest BCUT2D eigenvalue weighted by Gasteiger charge is 1.94. The maximum atomic E-state index is 3.96. The Morgan fingerprint density at radius 3 is 1.10 bits per heavy atom. The summed E-state index contributed by atoms with van der Waals surface area (Å²) in [6.07, 6.45) is 24.4. The molecule has 0 aliphatic heterocycles. The van der Waals surface area contributed by atoms with Gasteiger partial charge in [-0.15, -0.1) is 6.58 Å². The van der Waals surface area contributed by atoms with E-state index in [9.17, 15) is 0 Å². The fourth-order valence-corrected chi connectivity index (χ4v) is 2.97. The van der Waals surface area contributed by atoms with Gasteiger partial charge in [0.25, 0.3) is 0 Å². The topological polar surface area (TPSA) is 0 Å². The third-order valence-corrected chi connectivity index (χ3v) is 4.46. The fraction of sp³-hybridized carbons (Fsp3) is 0.905. The molecule has 0 atom stereocenters. The maximum absolute atomic E-state index is 3.96. The van der Waals surface area contributed by atoms with Crippen molar-refractivity contribution in [3.05, 3.63) is 12.2 Å². The standard InChI is InChI=1S/C21H42/c1-4-5-6-7-8-9-10-11-12-13-14-15-16-17-18-19-20-21(2)3/h2,4-20H2,1,3H3. The summed E-state index contributed by atoms with van der Waals surface area (Å²) < 4.78 is 0. The molecule has 0 saturated heterocycles. The number of unbranched alkanes of at least 4 members (excludes halogenated alkanes) is 15. The zero-order chi connectivity index (χ0) is 15.6. The lowest BCUT2D eigenvalue weighted by molar-refractivity contribution is 0.529. The lowest BCUT2D eigenvalue weighted by atomic mass is 10.0. The maximum Gasteiger partial charge on any atom is -0.0326 e. The SMILES string of the molecule is C=C(C)CCCCCCCCCCCCCCCCCC. The molecule has 0 nitrogen and oxygen atoms in total. The van der Waals surface area contributed by atoms with Crippen LogP contribution in [-0.2, 0) is 0 Å². The van der Waals surface area contributed by atoms with Gasteiger partial charge in [-0.3, -0.25) is 0 Å². The molecule has 0 spiro atoms. The summed E-state index contributed by atoms with van der Waals surface area (Å²) in [6, 6.07) is 0. The summed E-state index contributed by atoms with van der Waals surface area (Å²) in [7, 11) is 0. The fourth-order valence-electron chi connectivity index (χ4n) is 2.97. The summed E-state index contributed by atoms with van der Waals surface area (Å²) >= 11 is 0. The van der Waals surface area contributed by atoms with E-state index in [-0.39, 0.29) is 0 Å². The van der Waals surface area contributed by atoms with Crippen molar-refractivity contribution >= 4 is 0 Å². The van der Waals surface area contributed by atoms with Crippen LogP contribution in [0.3, 0.4) is 0 Å². The normalized spacial score (nSPS) is 11.0. The molecule has 0 saturated carbocycles. The van der Waals surface area contributed by atoms with Crippen LogP contribution in [-0.4, -0.2) is 0 Å². The second-order valence-electron chi connectivity index (χ2n) is 7.01. The number of allylic oxidation sites excluding steroid dienone is 1. The number of rotatable bonds is 17. The Morgan fingerprint density at radius 2 is 0.810 bits per heavy atom.